The summed E-state index contributed by atoms with van der Waals surface area (Å²) in [6.45, 7) is 2.56. The molecule has 5 nitrogen and oxygen atoms in total. The van der Waals surface area contributed by atoms with E-state index in [0.29, 0.717) is 30.9 Å². The van der Waals surface area contributed by atoms with E-state index in [1.54, 1.807) is 0 Å². The maximum atomic E-state index is 12.7. The number of imidazole rings is 1. The molecule has 1 aliphatic rings. The number of nitrogens with one attached hydrogen (secondary N) is 2. The van der Waals surface area contributed by atoms with Gasteiger partial charge in [-0.1, -0.05) is 50.1 Å². The molecule has 0 saturated heterocycles. The third kappa shape index (κ3) is 6.14. The van der Waals surface area contributed by atoms with Crippen LogP contribution in [-0.2, 0) is 11.2 Å². The first-order chi connectivity index (χ1) is 14.2. The van der Waals surface area contributed by atoms with Crippen LogP contribution in [0.1, 0.15) is 80.0 Å². The molecule has 4 bridgehead atoms. The molecule has 5 heteroatoms. The van der Waals surface area contributed by atoms with Crippen LogP contribution in [-0.4, -0.2) is 28.2 Å². The highest BCUT2D eigenvalue weighted by molar-refractivity contribution is 5.94. The lowest BCUT2D eigenvalue weighted by molar-refractivity contribution is -0.118. The quantitative estimate of drug-likeness (QED) is 0.614. The Morgan fingerprint density at radius 3 is 2.90 bits per heavy atom. The first-order valence-electron chi connectivity index (χ1n) is 10.8. The lowest BCUT2D eigenvalue weighted by Crippen LogP contribution is -2.25. The Morgan fingerprint density at radius 1 is 1.17 bits per heavy atom. The first kappa shape index (κ1) is 21.0. The van der Waals surface area contributed by atoms with Crippen LogP contribution in [0.15, 0.2) is 30.3 Å². The van der Waals surface area contributed by atoms with Crippen molar-refractivity contribution >= 4 is 17.8 Å². The third-order valence-electron chi connectivity index (χ3n) is 5.32. The molecule has 0 spiro atoms. The van der Waals surface area contributed by atoms with Crippen molar-refractivity contribution < 1.29 is 9.59 Å². The largest absolute Gasteiger partial charge is 0.351 e. The number of aromatic nitrogens is 2. The fourth-order valence-electron chi connectivity index (χ4n) is 3.58. The lowest BCUT2D eigenvalue weighted by Gasteiger charge is -2.05. The van der Waals surface area contributed by atoms with Crippen molar-refractivity contribution in [1.29, 1.82) is 0 Å². The highest BCUT2D eigenvalue weighted by Crippen LogP contribution is 2.22. The first-order valence-corrected chi connectivity index (χ1v) is 10.8. The molecule has 29 heavy (non-hydrogen) atoms. The van der Waals surface area contributed by atoms with Gasteiger partial charge in [-0.3, -0.25) is 9.59 Å². The van der Waals surface area contributed by atoms with Gasteiger partial charge < -0.3 is 10.3 Å². The van der Waals surface area contributed by atoms with Crippen LogP contribution < -0.4 is 5.32 Å². The van der Waals surface area contributed by atoms with Crippen LogP contribution in [0.3, 0.4) is 0 Å². The smallest absolute Gasteiger partial charge is 0.271 e. The second-order valence-electron chi connectivity index (χ2n) is 7.64. The SMILES string of the molecule is CCC(=O)CCCCCCc1[nH]c2nc1C(=O)NCCC/C=C/c1cccc-2c1. The summed E-state index contributed by atoms with van der Waals surface area (Å²) >= 11 is 0. The highest BCUT2D eigenvalue weighted by atomic mass is 16.2. The van der Waals surface area contributed by atoms with Crippen molar-refractivity contribution in [3.05, 3.63) is 47.3 Å². The Bertz CT molecular complexity index is 867. The van der Waals surface area contributed by atoms with Gasteiger partial charge in [-0.05, 0) is 43.7 Å². The Labute approximate surface area is 173 Å². The number of ketones is 1. The second kappa shape index (κ2) is 10.7. The number of hydrogen-bond acceptors (Lipinski definition) is 3. The van der Waals surface area contributed by atoms with E-state index in [1.807, 2.05) is 19.1 Å². The van der Waals surface area contributed by atoms with Crippen molar-refractivity contribution in [2.75, 3.05) is 6.54 Å². The van der Waals surface area contributed by atoms with Gasteiger partial charge in [0.25, 0.3) is 5.91 Å². The van der Waals surface area contributed by atoms with Gasteiger partial charge in [0, 0.05) is 30.6 Å². The molecule has 2 aromatic rings. The molecular weight excluding hydrogens is 362 g/mol. The molecule has 2 heterocycles. The van der Waals surface area contributed by atoms with Gasteiger partial charge >= 0.3 is 0 Å². The second-order valence-corrected chi connectivity index (χ2v) is 7.64. The summed E-state index contributed by atoms with van der Waals surface area (Å²) in [5.74, 6) is 0.982. The van der Waals surface area contributed by atoms with Gasteiger partial charge in [0.05, 0.1) is 0 Å². The number of hydrogen-bond donors (Lipinski definition) is 2. The maximum Gasteiger partial charge on any atom is 0.271 e. The van der Waals surface area contributed by atoms with Crippen LogP contribution in [0, 0.1) is 0 Å². The average Bonchev–Trinajstić information content (AvgIpc) is 3.17. The Morgan fingerprint density at radius 2 is 2.03 bits per heavy atom. The van der Waals surface area contributed by atoms with Gasteiger partial charge in [-0.15, -0.1) is 0 Å². The summed E-state index contributed by atoms with van der Waals surface area (Å²) in [5, 5.41) is 3.00. The minimum atomic E-state index is -0.101. The molecule has 3 rings (SSSR count). The van der Waals surface area contributed by atoms with Crippen LogP contribution in [0.5, 0.6) is 0 Å². The van der Waals surface area contributed by atoms with Crippen molar-refractivity contribution in [2.24, 2.45) is 0 Å². The fraction of sp³-hybridized carbons (Fsp3) is 0.458. The van der Waals surface area contributed by atoms with E-state index in [0.717, 1.165) is 67.6 Å². The van der Waals surface area contributed by atoms with Crippen molar-refractivity contribution in [3.63, 3.8) is 0 Å². The molecule has 0 radical (unpaired) electrons. The number of amides is 1. The van der Waals surface area contributed by atoms with Gasteiger partial charge in [-0.2, -0.15) is 0 Å². The van der Waals surface area contributed by atoms with E-state index in [9.17, 15) is 9.59 Å². The van der Waals surface area contributed by atoms with Crippen molar-refractivity contribution in [3.8, 4) is 11.4 Å². The van der Waals surface area contributed by atoms with Crippen molar-refractivity contribution in [1.82, 2.24) is 15.3 Å². The number of Topliss-reactive ketones (excluding diaryl/α,β-unsaturated/α-hetero) is 1. The molecule has 1 amide bonds. The number of allylic oxidation sites excluding steroid dienone is 1. The zero-order chi connectivity index (χ0) is 20.5. The molecule has 1 aliphatic heterocycles. The number of H-pyrrole nitrogens is 1. The Balaban J connectivity index is 1.71. The number of aromatic amines is 1. The molecule has 1 aromatic heterocycles. The van der Waals surface area contributed by atoms with Crippen LogP contribution in [0.2, 0.25) is 0 Å². The Hall–Kier alpha value is -2.69. The molecule has 154 valence electrons. The molecule has 0 unspecified atom stereocenters. The number of carbonyl (C=O) groups is 2. The van der Waals surface area contributed by atoms with E-state index in [-0.39, 0.29) is 5.91 Å². The van der Waals surface area contributed by atoms with Crippen molar-refractivity contribution in [2.45, 2.75) is 64.7 Å². The molecule has 0 saturated carbocycles. The van der Waals surface area contributed by atoms with Crippen LogP contribution >= 0.6 is 0 Å². The summed E-state index contributed by atoms with van der Waals surface area (Å²) in [5.41, 5.74) is 3.55. The number of rotatable bonds is 8. The van der Waals surface area contributed by atoms with Gasteiger partial charge in [-0.25, -0.2) is 4.98 Å². The van der Waals surface area contributed by atoms with Gasteiger partial charge in [0.2, 0.25) is 0 Å². The topological polar surface area (TPSA) is 74.8 Å². The van der Waals surface area contributed by atoms with Crippen LogP contribution in [0.4, 0.5) is 0 Å². The predicted octanol–water partition coefficient (Wildman–Crippen LogP) is 5.09. The van der Waals surface area contributed by atoms with E-state index in [4.69, 9.17) is 0 Å². The zero-order valence-electron chi connectivity index (χ0n) is 17.3. The predicted molar refractivity (Wildman–Crippen MR) is 117 cm³/mol. The Kier molecular flexibility index (Phi) is 7.79. The number of carbonyl (C=O) groups excluding carboxylic acids is 2. The number of fused-ring (bicyclic) bond motifs is 5. The summed E-state index contributed by atoms with van der Waals surface area (Å²) in [7, 11) is 0. The molecule has 1 aromatic carbocycles. The number of unbranched alkanes of at least 4 members (excludes halogenated alkanes) is 3. The van der Waals surface area contributed by atoms with Gasteiger partial charge in [0.1, 0.15) is 17.3 Å². The van der Waals surface area contributed by atoms with E-state index >= 15 is 0 Å². The zero-order valence-corrected chi connectivity index (χ0v) is 17.3. The summed E-state index contributed by atoms with van der Waals surface area (Å²) in [6, 6.07) is 8.22. The molecule has 0 atom stereocenters. The van der Waals surface area contributed by atoms with Crippen LogP contribution in [0.25, 0.3) is 17.5 Å². The monoisotopic (exact) mass is 393 g/mol. The van der Waals surface area contributed by atoms with E-state index < -0.39 is 0 Å². The standard InChI is InChI=1S/C24H31N3O2/c1-2-20(28)14-7-3-4-8-15-21-22-24(29)25-16-9-5-6-11-18-12-10-13-19(17-18)23(26-21)27-22/h6,10-13,17H,2-5,7-9,14-16H2,1H3,(H,25,29)(H,26,27)/b11-6+. The summed E-state index contributed by atoms with van der Waals surface area (Å²) in [4.78, 5) is 32.1. The molecule has 0 aliphatic carbocycles. The third-order valence-corrected chi connectivity index (χ3v) is 5.32. The number of aryl methyl sites for hydroxylation is 1. The minimum Gasteiger partial charge on any atom is -0.351 e. The highest BCUT2D eigenvalue weighted by Gasteiger charge is 2.18. The molecule has 0 fully saturated rings. The normalized spacial score (nSPS) is 15.0. The number of benzene rings is 1. The maximum absolute atomic E-state index is 12.7. The van der Waals surface area contributed by atoms with Gasteiger partial charge in [0.15, 0.2) is 0 Å². The molecular formula is C24H31N3O2. The minimum absolute atomic E-state index is 0.101. The average molecular weight is 394 g/mol. The fourth-order valence-corrected chi connectivity index (χ4v) is 3.58. The summed E-state index contributed by atoms with van der Waals surface area (Å²) in [6.07, 6.45) is 12.2. The summed E-state index contributed by atoms with van der Waals surface area (Å²) < 4.78 is 0. The van der Waals surface area contributed by atoms with E-state index in [1.165, 1.54) is 0 Å². The number of nitrogens with zero attached hydrogens (tertiary/aromatic N) is 1. The lowest BCUT2D eigenvalue weighted by atomic mass is 10.1. The molecule has 2 N–H and O–H groups in total. The van der Waals surface area contributed by atoms with E-state index in [2.05, 4.69) is 39.6 Å².